The number of hydrogen-bond donors (Lipinski definition) is 2. The molecule has 3 aromatic heterocycles. The zero-order chi connectivity index (χ0) is 27.0. The van der Waals surface area contributed by atoms with Crippen LogP contribution in [0.4, 0.5) is 5.69 Å². The third-order valence-electron chi connectivity index (χ3n) is 6.51. The van der Waals surface area contributed by atoms with Gasteiger partial charge in [-0.1, -0.05) is 51.1 Å². The fourth-order valence-electron chi connectivity index (χ4n) is 4.37. The van der Waals surface area contributed by atoms with Crippen molar-refractivity contribution in [3.8, 4) is 0 Å². The minimum Gasteiger partial charge on any atom is -0.361 e. The van der Waals surface area contributed by atoms with Gasteiger partial charge in [0.05, 0.1) is 16.4 Å². The Labute approximate surface area is 225 Å². The van der Waals surface area contributed by atoms with E-state index in [9.17, 15) is 9.59 Å². The Balaban J connectivity index is 1.35. The molecule has 0 unspecified atom stereocenters. The summed E-state index contributed by atoms with van der Waals surface area (Å²) in [5.74, 6) is 0.0690. The molecule has 3 heterocycles. The predicted molar refractivity (Wildman–Crippen MR) is 152 cm³/mol. The number of aromatic nitrogens is 2. The van der Waals surface area contributed by atoms with E-state index in [1.54, 1.807) is 19.1 Å². The number of thiophene rings is 1. The SMILES string of the molecule is CC[C@@H](NC(=O)c1cc2cc3cc(C(C)(C)C)ccc3nc2s1)c1cccc(NC(=O)c2cc(C)on2)c1. The van der Waals surface area contributed by atoms with Crippen molar-refractivity contribution >= 4 is 50.0 Å². The Bertz CT molecular complexity index is 1660. The van der Waals surface area contributed by atoms with Gasteiger partial charge in [-0.3, -0.25) is 9.59 Å². The summed E-state index contributed by atoms with van der Waals surface area (Å²) in [6.45, 7) is 10.3. The summed E-state index contributed by atoms with van der Waals surface area (Å²) >= 11 is 1.39. The lowest BCUT2D eigenvalue weighted by atomic mass is 9.86. The van der Waals surface area contributed by atoms with E-state index >= 15 is 0 Å². The van der Waals surface area contributed by atoms with E-state index in [1.807, 2.05) is 31.2 Å². The van der Waals surface area contributed by atoms with E-state index in [0.717, 1.165) is 26.7 Å². The van der Waals surface area contributed by atoms with Gasteiger partial charge in [-0.25, -0.2) is 4.98 Å². The number of carbonyl (C=O) groups is 2. The summed E-state index contributed by atoms with van der Waals surface area (Å²) in [6.07, 6.45) is 0.689. The number of benzene rings is 2. The molecular formula is C30H30N4O3S. The van der Waals surface area contributed by atoms with Gasteiger partial charge in [0, 0.05) is 22.5 Å². The Kier molecular flexibility index (Phi) is 6.75. The maximum Gasteiger partial charge on any atom is 0.277 e. The number of amides is 2. The molecule has 7 nitrogen and oxygen atoms in total. The lowest BCUT2D eigenvalue weighted by Crippen LogP contribution is -2.27. The second-order valence-electron chi connectivity index (χ2n) is 10.5. The topological polar surface area (TPSA) is 97.1 Å². The fraction of sp³-hybridized carbons (Fsp3) is 0.267. The Hall–Kier alpha value is -4.04. The van der Waals surface area contributed by atoms with Gasteiger partial charge in [0.15, 0.2) is 5.69 Å². The number of rotatable bonds is 6. The number of fused-ring (bicyclic) bond motifs is 2. The summed E-state index contributed by atoms with van der Waals surface area (Å²) in [6, 6.07) is 19.2. The number of nitrogens with zero attached hydrogens (tertiary/aromatic N) is 2. The van der Waals surface area contributed by atoms with Gasteiger partial charge in [0.25, 0.3) is 11.8 Å². The zero-order valence-electron chi connectivity index (χ0n) is 22.1. The highest BCUT2D eigenvalue weighted by atomic mass is 32.1. The van der Waals surface area contributed by atoms with Crippen molar-refractivity contribution in [2.45, 2.75) is 52.5 Å². The van der Waals surface area contributed by atoms with Gasteiger partial charge in [0.2, 0.25) is 0 Å². The molecule has 0 spiro atoms. The molecule has 2 amide bonds. The normalized spacial score (nSPS) is 12.6. The number of pyridine rings is 1. The highest BCUT2D eigenvalue weighted by Gasteiger charge is 2.19. The molecular weight excluding hydrogens is 496 g/mol. The first-order valence-electron chi connectivity index (χ1n) is 12.6. The van der Waals surface area contributed by atoms with Crippen LogP contribution in [0.1, 0.15) is 77.2 Å². The molecule has 0 aliphatic heterocycles. The maximum atomic E-state index is 13.3. The van der Waals surface area contributed by atoms with Gasteiger partial charge in [0.1, 0.15) is 10.6 Å². The van der Waals surface area contributed by atoms with Crippen LogP contribution in [-0.2, 0) is 5.41 Å². The van der Waals surface area contributed by atoms with Crippen LogP contribution in [0, 0.1) is 6.92 Å². The zero-order valence-corrected chi connectivity index (χ0v) is 22.9. The molecule has 0 aliphatic rings. The molecule has 8 heteroatoms. The molecule has 5 rings (SSSR count). The van der Waals surface area contributed by atoms with Crippen molar-refractivity contribution < 1.29 is 14.1 Å². The largest absolute Gasteiger partial charge is 0.361 e. The van der Waals surface area contributed by atoms with E-state index in [4.69, 9.17) is 9.51 Å². The van der Waals surface area contributed by atoms with Crippen molar-refractivity contribution in [3.63, 3.8) is 0 Å². The predicted octanol–water partition coefficient (Wildman–Crippen LogP) is 7.18. The number of anilines is 1. The molecule has 0 saturated carbocycles. The molecule has 0 fully saturated rings. The summed E-state index contributed by atoms with van der Waals surface area (Å²) < 4.78 is 4.99. The lowest BCUT2D eigenvalue weighted by Gasteiger charge is -2.19. The molecule has 0 radical (unpaired) electrons. The van der Waals surface area contributed by atoms with Crippen LogP contribution >= 0.6 is 11.3 Å². The van der Waals surface area contributed by atoms with E-state index in [-0.39, 0.29) is 29.0 Å². The molecule has 0 bridgehead atoms. The molecule has 1 atom stereocenters. The van der Waals surface area contributed by atoms with Crippen LogP contribution < -0.4 is 10.6 Å². The van der Waals surface area contributed by atoms with Gasteiger partial charge >= 0.3 is 0 Å². The van der Waals surface area contributed by atoms with E-state index < -0.39 is 0 Å². The third-order valence-corrected chi connectivity index (χ3v) is 7.56. The first-order valence-corrected chi connectivity index (χ1v) is 13.4. The summed E-state index contributed by atoms with van der Waals surface area (Å²) in [5.41, 5.74) is 3.95. The van der Waals surface area contributed by atoms with Crippen molar-refractivity contribution in [3.05, 3.63) is 88.1 Å². The second-order valence-corrected chi connectivity index (χ2v) is 11.5. The van der Waals surface area contributed by atoms with Gasteiger partial charge < -0.3 is 15.2 Å². The highest BCUT2D eigenvalue weighted by molar-refractivity contribution is 7.20. The van der Waals surface area contributed by atoms with Crippen molar-refractivity contribution in [1.29, 1.82) is 0 Å². The first-order chi connectivity index (χ1) is 18.1. The smallest absolute Gasteiger partial charge is 0.277 e. The van der Waals surface area contributed by atoms with Crippen LogP contribution in [0.5, 0.6) is 0 Å². The quantitative estimate of drug-likeness (QED) is 0.244. The summed E-state index contributed by atoms with van der Waals surface area (Å²) in [5, 5.41) is 11.8. The van der Waals surface area contributed by atoms with Gasteiger partial charge in [-0.05, 0) is 66.3 Å². The summed E-state index contributed by atoms with van der Waals surface area (Å²) in [4.78, 5) is 32.0. The van der Waals surface area contributed by atoms with E-state index in [2.05, 4.69) is 60.8 Å². The minimum absolute atomic E-state index is 0.0489. The number of carbonyl (C=O) groups excluding carboxylic acids is 2. The fourth-order valence-corrected chi connectivity index (χ4v) is 5.29. The van der Waals surface area contributed by atoms with Crippen LogP contribution in [0.15, 0.2) is 65.2 Å². The molecule has 0 aliphatic carbocycles. The van der Waals surface area contributed by atoms with Crippen LogP contribution in [0.25, 0.3) is 21.1 Å². The average Bonchev–Trinajstić information content (AvgIpc) is 3.51. The Morgan fingerprint density at radius 1 is 1.00 bits per heavy atom. The maximum absolute atomic E-state index is 13.3. The van der Waals surface area contributed by atoms with Crippen LogP contribution in [0.2, 0.25) is 0 Å². The minimum atomic E-state index is -0.351. The van der Waals surface area contributed by atoms with Crippen molar-refractivity contribution in [2.75, 3.05) is 5.32 Å². The second kappa shape index (κ2) is 10.0. The average molecular weight is 527 g/mol. The summed E-state index contributed by atoms with van der Waals surface area (Å²) in [7, 11) is 0. The standard InChI is InChI=1S/C30H30N4O3S/c1-6-23(18-8-7-9-22(15-18)31-27(35)25-12-17(2)37-34-25)32-28(36)26-16-20-13-19-14-21(30(3,4)5)10-11-24(19)33-29(20)38-26/h7-16,23H,6H2,1-5H3,(H,31,35)(H,32,36)/t23-/m1/s1. The van der Waals surface area contributed by atoms with Gasteiger partial charge in [-0.15, -0.1) is 11.3 Å². The molecule has 2 N–H and O–H groups in total. The lowest BCUT2D eigenvalue weighted by molar-refractivity contribution is 0.0938. The molecule has 0 saturated heterocycles. The molecule has 194 valence electrons. The number of aryl methyl sites for hydroxylation is 1. The monoisotopic (exact) mass is 526 g/mol. The highest BCUT2D eigenvalue weighted by Crippen LogP contribution is 2.31. The van der Waals surface area contributed by atoms with Crippen LogP contribution in [-0.4, -0.2) is 22.0 Å². The van der Waals surface area contributed by atoms with E-state index in [0.29, 0.717) is 22.7 Å². The molecule has 38 heavy (non-hydrogen) atoms. The number of nitrogens with one attached hydrogen (secondary N) is 2. The third kappa shape index (κ3) is 5.31. The number of hydrogen-bond acceptors (Lipinski definition) is 6. The Morgan fingerprint density at radius 2 is 1.82 bits per heavy atom. The van der Waals surface area contributed by atoms with Crippen LogP contribution in [0.3, 0.4) is 0 Å². The Morgan fingerprint density at radius 3 is 2.53 bits per heavy atom. The first kappa shape index (κ1) is 25.6. The van der Waals surface area contributed by atoms with Crippen molar-refractivity contribution in [2.24, 2.45) is 0 Å². The molecule has 2 aromatic carbocycles. The van der Waals surface area contributed by atoms with Crippen molar-refractivity contribution in [1.82, 2.24) is 15.5 Å². The van der Waals surface area contributed by atoms with E-state index in [1.165, 1.54) is 16.9 Å². The molecule has 5 aromatic rings. The van der Waals surface area contributed by atoms with Gasteiger partial charge in [-0.2, -0.15) is 0 Å².